The standard InChI is InChI=1S/2C6H10O4.Ti/c2*1-3-5(7)4-6(8)10-9-2;/h2*3-4H2,1-2H3;. The molecule has 0 aliphatic carbocycles. The van der Waals surface area contributed by atoms with Crippen molar-refractivity contribution in [2.75, 3.05) is 14.2 Å². The Morgan fingerprint density at radius 3 is 1.19 bits per heavy atom. The third-order valence-corrected chi connectivity index (χ3v) is 1.82. The molecule has 0 radical (unpaired) electrons. The van der Waals surface area contributed by atoms with Gasteiger partial charge < -0.3 is 0 Å². The Morgan fingerprint density at radius 1 is 0.714 bits per heavy atom. The molecule has 0 spiro atoms. The number of hydrogen-bond donors (Lipinski definition) is 0. The van der Waals surface area contributed by atoms with Crippen LogP contribution in [0.25, 0.3) is 0 Å². The van der Waals surface area contributed by atoms with Crippen LogP contribution >= 0.6 is 0 Å². The van der Waals surface area contributed by atoms with Crippen LogP contribution in [0.2, 0.25) is 0 Å². The van der Waals surface area contributed by atoms with Gasteiger partial charge in [-0.2, -0.15) is 9.78 Å². The monoisotopic (exact) mass is 340 g/mol. The zero-order valence-corrected chi connectivity index (χ0v) is 14.2. The largest absolute Gasteiger partial charge is 0.349 e. The van der Waals surface area contributed by atoms with E-state index in [0.717, 1.165) is 0 Å². The Hall–Kier alpha value is -1.09. The number of hydrogen-bond acceptors (Lipinski definition) is 8. The maximum Gasteiger partial charge on any atom is 0.349 e. The first-order chi connectivity index (χ1) is 9.40. The van der Waals surface area contributed by atoms with E-state index in [4.69, 9.17) is 0 Å². The van der Waals surface area contributed by atoms with Crippen LogP contribution in [0.4, 0.5) is 0 Å². The summed E-state index contributed by atoms with van der Waals surface area (Å²) in [5, 5.41) is 0. The van der Waals surface area contributed by atoms with Crippen molar-refractivity contribution in [2.24, 2.45) is 0 Å². The molecule has 0 aliphatic heterocycles. The Morgan fingerprint density at radius 2 is 1.00 bits per heavy atom. The average molecular weight is 340 g/mol. The van der Waals surface area contributed by atoms with Gasteiger partial charge in [0.2, 0.25) is 0 Å². The van der Waals surface area contributed by atoms with Crippen molar-refractivity contribution < 1.29 is 60.4 Å². The minimum absolute atomic E-state index is 0. The fourth-order valence-corrected chi connectivity index (χ4v) is 0.817. The number of carbonyl (C=O) groups excluding carboxylic acids is 4. The zero-order valence-electron chi connectivity index (χ0n) is 12.6. The Kier molecular flexibility index (Phi) is 20.1. The molecule has 9 heteroatoms. The van der Waals surface area contributed by atoms with Crippen LogP contribution in [0, 0.1) is 0 Å². The van der Waals surface area contributed by atoms with Crippen LogP contribution in [0.3, 0.4) is 0 Å². The molecule has 0 aromatic rings. The van der Waals surface area contributed by atoms with Gasteiger partial charge in [-0.1, -0.05) is 13.8 Å². The fraction of sp³-hybridized carbons (Fsp3) is 0.667. The second kappa shape index (κ2) is 17.0. The summed E-state index contributed by atoms with van der Waals surface area (Å²) in [5.41, 5.74) is 0. The first-order valence-electron chi connectivity index (χ1n) is 5.91. The van der Waals surface area contributed by atoms with Gasteiger partial charge in [-0.05, 0) is 0 Å². The topological polar surface area (TPSA) is 105 Å². The molecular formula is C12H20O8Ti. The summed E-state index contributed by atoms with van der Waals surface area (Å²) in [5.74, 6) is -1.59. The van der Waals surface area contributed by atoms with Crippen LogP contribution in [0.1, 0.15) is 39.5 Å². The summed E-state index contributed by atoms with van der Waals surface area (Å²) in [4.78, 5) is 58.2. The molecule has 21 heavy (non-hydrogen) atoms. The molecule has 0 heterocycles. The van der Waals surface area contributed by atoms with Crippen molar-refractivity contribution in [3.63, 3.8) is 0 Å². The van der Waals surface area contributed by atoms with E-state index in [-0.39, 0.29) is 46.1 Å². The molecule has 0 unspecified atom stereocenters. The minimum atomic E-state index is -0.644. The van der Waals surface area contributed by atoms with E-state index < -0.39 is 11.9 Å². The van der Waals surface area contributed by atoms with Gasteiger partial charge in [0.05, 0.1) is 14.2 Å². The van der Waals surface area contributed by atoms with E-state index in [1.807, 2.05) is 0 Å². The van der Waals surface area contributed by atoms with E-state index in [9.17, 15) is 19.2 Å². The van der Waals surface area contributed by atoms with E-state index in [1.165, 1.54) is 14.2 Å². The molecule has 0 rings (SSSR count). The van der Waals surface area contributed by atoms with Gasteiger partial charge in [0.15, 0.2) is 0 Å². The molecule has 0 N–H and O–H groups in total. The molecule has 0 fully saturated rings. The normalized spacial score (nSPS) is 8.57. The van der Waals surface area contributed by atoms with Crippen LogP contribution in [0.5, 0.6) is 0 Å². The number of carbonyl (C=O) groups is 4. The maximum atomic E-state index is 10.5. The molecule has 120 valence electrons. The van der Waals surface area contributed by atoms with Crippen molar-refractivity contribution in [1.82, 2.24) is 0 Å². The summed E-state index contributed by atoms with van der Waals surface area (Å²) < 4.78 is 0. The van der Waals surface area contributed by atoms with Crippen molar-refractivity contribution >= 4 is 23.5 Å². The van der Waals surface area contributed by atoms with Crippen LogP contribution in [-0.4, -0.2) is 37.7 Å². The Balaban J connectivity index is -0.000000295. The third kappa shape index (κ3) is 18.9. The average Bonchev–Trinajstić information content (AvgIpc) is 2.39. The van der Waals surface area contributed by atoms with Gasteiger partial charge in [0, 0.05) is 34.6 Å². The first-order valence-corrected chi connectivity index (χ1v) is 5.91. The van der Waals surface area contributed by atoms with Gasteiger partial charge in [0.25, 0.3) is 0 Å². The summed E-state index contributed by atoms with van der Waals surface area (Å²) in [7, 11) is 2.43. The summed E-state index contributed by atoms with van der Waals surface area (Å²) in [6, 6.07) is 0. The molecule has 0 bridgehead atoms. The first kappa shape index (κ1) is 24.9. The predicted octanol–water partition coefficient (Wildman–Crippen LogP) is 0.918. The van der Waals surface area contributed by atoms with Gasteiger partial charge in [-0.25, -0.2) is 9.59 Å². The second-order valence-electron chi connectivity index (χ2n) is 3.38. The van der Waals surface area contributed by atoms with Crippen LogP contribution in [-0.2, 0) is 60.4 Å². The summed E-state index contributed by atoms with van der Waals surface area (Å²) >= 11 is 0. The van der Waals surface area contributed by atoms with Gasteiger partial charge in [-0.15, -0.1) is 0 Å². The minimum Gasteiger partial charge on any atom is -0.299 e. The molecule has 0 aromatic carbocycles. The van der Waals surface area contributed by atoms with Crippen molar-refractivity contribution in [1.29, 1.82) is 0 Å². The van der Waals surface area contributed by atoms with E-state index in [2.05, 4.69) is 19.6 Å². The Bertz CT molecular complexity index is 297. The van der Waals surface area contributed by atoms with Crippen LogP contribution in [0.15, 0.2) is 0 Å². The van der Waals surface area contributed by atoms with Crippen LogP contribution < -0.4 is 0 Å². The van der Waals surface area contributed by atoms with E-state index in [1.54, 1.807) is 13.8 Å². The molecule has 0 atom stereocenters. The van der Waals surface area contributed by atoms with Gasteiger partial charge >= 0.3 is 11.9 Å². The molecule has 8 nitrogen and oxygen atoms in total. The van der Waals surface area contributed by atoms with Crippen molar-refractivity contribution in [3.8, 4) is 0 Å². The van der Waals surface area contributed by atoms with Crippen molar-refractivity contribution in [2.45, 2.75) is 39.5 Å². The third-order valence-electron chi connectivity index (χ3n) is 1.82. The van der Waals surface area contributed by atoms with E-state index >= 15 is 0 Å². The van der Waals surface area contributed by atoms with Gasteiger partial charge in [-0.3, -0.25) is 19.4 Å². The number of ketones is 2. The van der Waals surface area contributed by atoms with Gasteiger partial charge in [0.1, 0.15) is 24.4 Å². The number of rotatable bonds is 8. The molecule has 0 saturated heterocycles. The smallest absolute Gasteiger partial charge is 0.299 e. The molecule has 0 amide bonds. The molecule has 0 saturated carbocycles. The second-order valence-corrected chi connectivity index (χ2v) is 3.38. The van der Waals surface area contributed by atoms with E-state index in [0.29, 0.717) is 12.8 Å². The number of Topliss-reactive ketones (excluding diaryl/α,β-unsaturated/α-hetero) is 2. The fourth-order valence-electron chi connectivity index (χ4n) is 0.817. The summed E-state index contributed by atoms with van der Waals surface area (Å²) in [6.45, 7) is 3.37. The maximum absolute atomic E-state index is 10.5. The predicted molar refractivity (Wildman–Crippen MR) is 66.0 cm³/mol. The quantitative estimate of drug-likeness (QED) is 0.278. The zero-order chi connectivity index (χ0) is 16.0. The SMILES string of the molecule is CCC(=O)CC(=O)OOC.CCC(=O)CC(=O)OOC.[Ti]. The summed E-state index contributed by atoms with van der Waals surface area (Å²) in [6.07, 6.45) is 0.284. The molecule has 0 aromatic heterocycles. The van der Waals surface area contributed by atoms with Crippen molar-refractivity contribution in [3.05, 3.63) is 0 Å². The Labute approximate surface area is 138 Å². The molecular weight excluding hydrogens is 320 g/mol. The molecule has 0 aliphatic rings.